The summed E-state index contributed by atoms with van der Waals surface area (Å²) in [6, 6.07) is 5.37. The molecule has 3 fully saturated rings. The molecule has 5 rings (SSSR count). The van der Waals surface area contributed by atoms with Crippen molar-refractivity contribution < 1.29 is 34.1 Å². The lowest BCUT2D eigenvalue weighted by molar-refractivity contribution is -0.142. The van der Waals surface area contributed by atoms with Crippen LogP contribution in [0.5, 0.6) is 11.5 Å². The number of imide groups is 1. The van der Waals surface area contributed by atoms with E-state index in [4.69, 9.17) is 14.3 Å². The Balaban J connectivity index is 1.38. The van der Waals surface area contributed by atoms with E-state index in [0.29, 0.717) is 42.6 Å². The molecule has 1 aromatic rings. The zero-order valence-corrected chi connectivity index (χ0v) is 18.8. The van der Waals surface area contributed by atoms with Gasteiger partial charge in [0.15, 0.2) is 11.5 Å². The first-order valence-electron chi connectivity index (χ1n) is 11.6. The van der Waals surface area contributed by atoms with Gasteiger partial charge in [0.1, 0.15) is 6.61 Å². The number of carbonyl (C=O) groups is 2. The van der Waals surface area contributed by atoms with Crippen molar-refractivity contribution in [1.82, 2.24) is 4.90 Å². The van der Waals surface area contributed by atoms with Gasteiger partial charge in [-0.3, -0.25) is 14.5 Å². The van der Waals surface area contributed by atoms with Crippen molar-refractivity contribution >= 4 is 17.5 Å². The Morgan fingerprint density at radius 2 is 1.88 bits per heavy atom. The van der Waals surface area contributed by atoms with Gasteiger partial charge in [0.05, 0.1) is 36.3 Å². The number of rotatable bonds is 5. The molecular formula is C24H30N2O7. The van der Waals surface area contributed by atoms with Crippen LogP contribution in [0.4, 0.5) is 0 Å². The highest BCUT2D eigenvalue weighted by Crippen LogP contribution is 2.50. The second kappa shape index (κ2) is 8.61. The molecule has 2 aliphatic carbocycles. The summed E-state index contributed by atoms with van der Waals surface area (Å²) in [4.78, 5) is 33.5. The van der Waals surface area contributed by atoms with E-state index in [1.807, 2.05) is 19.9 Å². The van der Waals surface area contributed by atoms with Crippen LogP contribution in [0.25, 0.3) is 0 Å². The molecule has 0 bridgehead atoms. The van der Waals surface area contributed by atoms with E-state index in [1.165, 1.54) is 4.90 Å². The lowest BCUT2D eigenvalue weighted by Gasteiger charge is -2.45. The van der Waals surface area contributed by atoms with Gasteiger partial charge in [0.2, 0.25) is 18.6 Å². The van der Waals surface area contributed by atoms with Gasteiger partial charge >= 0.3 is 0 Å². The number of amides is 2. The number of benzene rings is 1. The van der Waals surface area contributed by atoms with Crippen LogP contribution in [-0.4, -0.2) is 58.2 Å². The summed E-state index contributed by atoms with van der Waals surface area (Å²) in [5.74, 6) is -0.908. The van der Waals surface area contributed by atoms with E-state index in [9.17, 15) is 19.8 Å². The summed E-state index contributed by atoms with van der Waals surface area (Å²) < 4.78 is 10.7. The van der Waals surface area contributed by atoms with Crippen molar-refractivity contribution in [1.29, 1.82) is 0 Å². The molecule has 4 aliphatic rings. The van der Waals surface area contributed by atoms with Crippen molar-refractivity contribution in [2.45, 2.75) is 51.9 Å². The van der Waals surface area contributed by atoms with Crippen molar-refractivity contribution in [3.05, 3.63) is 23.8 Å². The molecule has 0 aromatic heterocycles. The number of ether oxygens (including phenoxy) is 2. The molecule has 1 aromatic carbocycles. The number of hydrogen-bond acceptors (Lipinski definition) is 8. The van der Waals surface area contributed by atoms with Crippen LogP contribution in [0.3, 0.4) is 0 Å². The molecule has 2 N–H and O–H groups in total. The third-order valence-corrected chi connectivity index (χ3v) is 7.24. The van der Waals surface area contributed by atoms with Gasteiger partial charge in [0.25, 0.3) is 0 Å². The molecule has 33 heavy (non-hydrogen) atoms. The molecule has 2 amide bonds. The Labute approximate surface area is 192 Å². The van der Waals surface area contributed by atoms with Gasteiger partial charge in [-0.15, -0.1) is 0 Å². The average molecular weight is 459 g/mol. The summed E-state index contributed by atoms with van der Waals surface area (Å²) in [5.41, 5.74) is 1.44. The van der Waals surface area contributed by atoms with Gasteiger partial charge < -0.3 is 24.5 Å². The molecule has 0 radical (unpaired) electrons. The number of likely N-dealkylation sites (tertiary alicyclic amines) is 1. The van der Waals surface area contributed by atoms with Gasteiger partial charge in [-0.25, -0.2) is 0 Å². The van der Waals surface area contributed by atoms with Crippen LogP contribution < -0.4 is 9.47 Å². The molecule has 2 heterocycles. The molecular weight excluding hydrogens is 428 g/mol. The lowest BCUT2D eigenvalue weighted by atomic mass is 9.60. The number of hydrogen-bond donors (Lipinski definition) is 2. The van der Waals surface area contributed by atoms with Crippen LogP contribution in [0.1, 0.15) is 38.7 Å². The van der Waals surface area contributed by atoms with Crippen LogP contribution in [0, 0.1) is 29.6 Å². The van der Waals surface area contributed by atoms with Crippen LogP contribution in [0.15, 0.2) is 23.4 Å². The van der Waals surface area contributed by atoms with E-state index in [2.05, 4.69) is 5.16 Å². The molecule has 9 nitrogen and oxygen atoms in total. The van der Waals surface area contributed by atoms with E-state index in [-0.39, 0.29) is 37.5 Å². The van der Waals surface area contributed by atoms with E-state index < -0.39 is 30.0 Å². The number of oxime groups is 1. The minimum absolute atomic E-state index is 0.135. The molecule has 2 aliphatic heterocycles. The number of aliphatic hydroxyl groups is 2. The smallest absolute Gasteiger partial charge is 0.233 e. The van der Waals surface area contributed by atoms with Crippen molar-refractivity contribution in [3.8, 4) is 11.5 Å². The molecule has 1 saturated heterocycles. The fourth-order valence-electron chi connectivity index (χ4n) is 5.69. The third-order valence-electron chi connectivity index (χ3n) is 7.24. The SMILES string of the molecule is CC(C)CON=C1C[C@@H](O)[C@@H](O)[C@@H]2[C@@H]3C(=O)N(Cc4ccc5c(c4)OCO5)C(=O)[C@@H]3CC[C@H]12. The first-order valence-corrected chi connectivity index (χ1v) is 11.6. The fourth-order valence-corrected chi connectivity index (χ4v) is 5.69. The quantitative estimate of drug-likeness (QED) is 0.509. The highest BCUT2D eigenvalue weighted by molar-refractivity contribution is 6.06. The van der Waals surface area contributed by atoms with Gasteiger partial charge in [0, 0.05) is 18.3 Å². The highest BCUT2D eigenvalue weighted by Gasteiger charge is 2.59. The first kappa shape index (κ1) is 22.2. The Morgan fingerprint density at radius 3 is 2.67 bits per heavy atom. The van der Waals surface area contributed by atoms with Crippen LogP contribution in [0.2, 0.25) is 0 Å². The average Bonchev–Trinajstić information content (AvgIpc) is 3.35. The van der Waals surface area contributed by atoms with Crippen molar-refractivity contribution in [3.63, 3.8) is 0 Å². The Hall–Kier alpha value is -2.65. The topological polar surface area (TPSA) is 118 Å². The standard InChI is InChI=1S/C24H30N2O7/c1-12(2)10-33-25-16-8-17(27)22(28)20-14(16)4-5-15-21(20)24(30)26(23(15)29)9-13-3-6-18-19(7-13)32-11-31-18/h3,6-7,12,14-15,17,20-22,27-28H,4-5,8-11H2,1-2H3/t14-,15-,17-,20+,21-,22-/m1/s1. The summed E-state index contributed by atoms with van der Waals surface area (Å²) in [6.07, 6.45) is -0.761. The lowest BCUT2D eigenvalue weighted by Crippen LogP contribution is -2.54. The maximum atomic E-state index is 13.5. The number of nitrogens with zero attached hydrogens (tertiary/aromatic N) is 2. The fraction of sp³-hybridized carbons (Fsp3) is 0.625. The van der Waals surface area contributed by atoms with E-state index in [0.717, 1.165) is 5.56 Å². The molecule has 9 heteroatoms. The second-order valence-corrected chi connectivity index (χ2v) is 9.88. The van der Waals surface area contributed by atoms with Crippen LogP contribution >= 0.6 is 0 Å². The van der Waals surface area contributed by atoms with E-state index in [1.54, 1.807) is 12.1 Å². The monoisotopic (exact) mass is 458 g/mol. The van der Waals surface area contributed by atoms with Crippen molar-refractivity contribution in [2.75, 3.05) is 13.4 Å². The minimum Gasteiger partial charge on any atom is -0.454 e. The van der Waals surface area contributed by atoms with Gasteiger partial charge in [-0.2, -0.15) is 0 Å². The minimum atomic E-state index is -1.09. The predicted molar refractivity (Wildman–Crippen MR) is 116 cm³/mol. The maximum absolute atomic E-state index is 13.5. The zero-order valence-electron chi connectivity index (χ0n) is 18.8. The van der Waals surface area contributed by atoms with Gasteiger partial charge in [-0.1, -0.05) is 25.1 Å². The Kier molecular flexibility index (Phi) is 5.78. The normalized spacial score (nSPS) is 34.1. The summed E-state index contributed by atoms with van der Waals surface area (Å²) >= 11 is 0. The largest absolute Gasteiger partial charge is 0.454 e. The number of carbonyl (C=O) groups excluding carboxylic acids is 2. The molecule has 0 spiro atoms. The Bertz CT molecular complexity index is 978. The van der Waals surface area contributed by atoms with Gasteiger partial charge in [-0.05, 0) is 36.5 Å². The summed E-state index contributed by atoms with van der Waals surface area (Å²) in [5, 5.41) is 25.7. The Morgan fingerprint density at radius 1 is 1.12 bits per heavy atom. The molecule has 6 atom stereocenters. The molecule has 2 saturated carbocycles. The third kappa shape index (κ3) is 3.87. The predicted octanol–water partition coefficient (Wildman–Crippen LogP) is 1.70. The molecule has 0 unspecified atom stereocenters. The van der Waals surface area contributed by atoms with Crippen molar-refractivity contribution in [2.24, 2.45) is 34.7 Å². The number of fused-ring (bicyclic) bond motifs is 4. The summed E-state index contributed by atoms with van der Waals surface area (Å²) in [7, 11) is 0. The summed E-state index contributed by atoms with van der Waals surface area (Å²) in [6.45, 7) is 4.77. The highest BCUT2D eigenvalue weighted by atomic mass is 16.7. The number of aliphatic hydroxyl groups excluding tert-OH is 2. The second-order valence-electron chi connectivity index (χ2n) is 9.88. The zero-order chi connectivity index (χ0) is 23.3. The first-order chi connectivity index (χ1) is 15.8. The van der Waals surface area contributed by atoms with Crippen LogP contribution in [-0.2, 0) is 21.0 Å². The maximum Gasteiger partial charge on any atom is 0.233 e. The van der Waals surface area contributed by atoms with E-state index >= 15 is 0 Å². The molecule has 178 valence electrons.